The van der Waals surface area contributed by atoms with E-state index in [9.17, 15) is 9.59 Å². The van der Waals surface area contributed by atoms with Gasteiger partial charge in [-0.1, -0.05) is 18.2 Å². The lowest BCUT2D eigenvalue weighted by molar-refractivity contribution is 0.102. The zero-order chi connectivity index (χ0) is 10.7. The minimum absolute atomic E-state index is 0.258. The Morgan fingerprint density at radius 1 is 1.13 bits per heavy atom. The van der Waals surface area contributed by atoms with Gasteiger partial charge in [0.2, 0.25) is 0 Å². The molecule has 0 saturated carbocycles. The summed E-state index contributed by atoms with van der Waals surface area (Å²) in [5, 5.41) is 7.42. The molecule has 1 aromatic carbocycles. The molecule has 0 aliphatic heterocycles. The molecule has 15 heavy (non-hydrogen) atoms. The molecular formula is C10H9N3O2. The van der Waals surface area contributed by atoms with E-state index in [1.54, 1.807) is 24.3 Å². The van der Waals surface area contributed by atoms with Crippen LogP contribution >= 0.6 is 0 Å². The third-order valence-electron chi connectivity index (χ3n) is 1.88. The Bertz CT molecular complexity index is 513. The number of carbonyl (C=O) groups excluding carboxylic acids is 1. The maximum Gasteiger partial charge on any atom is 0.266 e. The van der Waals surface area contributed by atoms with Crippen molar-refractivity contribution in [3.63, 3.8) is 0 Å². The van der Waals surface area contributed by atoms with Crippen molar-refractivity contribution >= 4 is 11.7 Å². The van der Waals surface area contributed by atoms with Crippen molar-refractivity contribution in [2.75, 3.05) is 5.32 Å². The van der Waals surface area contributed by atoms with Gasteiger partial charge in [0, 0.05) is 11.6 Å². The predicted molar refractivity (Wildman–Crippen MR) is 55.8 cm³/mol. The van der Waals surface area contributed by atoms with Gasteiger partial charge >= 0.3 is 0 Å². The number of H-pyrrole nitrogens is 2. The Balaban J connectivity index is 2.14. The summed E-state index contributed by atoms with van der Waals surface area (Å²) in [5.41, 5.74) is 0.262. The third-order valence-corrected chi connectivity index (χ3v) is 1.88. The molecule has 76 valence electrons. The number of aromatic nitrogens is 2. The highest BCUT2D eigenvalue weighted by Gasteiger charge is 2.05. The van der Waals surface area contributed by atoms with E-state index >= 15 is 0 Å². The summed E-state index contributed by atoms with van der Waals surface area (Å²) in [6, 6.07) is 10.0. The van der Waals surface area contributed by atoms with Crippen LogP contribution in [0.2, 0.25) is 0 Å². The average molecular weight is 203 g/mol. The van der Waals surface area contributed by atoms with Gasteiger partial charge in [0.05, 0.1) is 0 Å². The van der Waals surface area contributed by atoms with E-state index < -0.39 is 0 Å². The van der Waals surface area contributed by atoms with E-state index in [2.05, 4.69) is 15.5 Å². The van der Waals surface area contributed by atoms with Crippen LogP contribution in [0.15, 0.2) is 41.2 Å². The highest BCUT2D eigenvalue weighted by atomic mass is 16.2. The van der Waals surface area contributed by atoms with Crippen molar-refractivity contribution in [3.8, 4) is 0 Å². The van der Waals surface area contributed by atoms with Crippen LogP contribution in [-0.2, 0) is 0 Å². The van der Waals surface area contributed by atoms with Gasteiger partial charge in [0.25, 0.3) is 11.5 Å². The molecule has 0 fully saturated rings. The second-order valence-corrected chi connectivity index (χ2v) is 2.99. The van der Waals surface area contributed by atoms with Gasteiger partial charge in [-0.2, -0.15) is 0 Å². The summed E-state index contributed by atoms with van der Waals surface area (Å²) in [7, 11) is 0. The lowest BCUT2D eigenvalue weighted by Gasteiger charge is -2.00. The lowest BCUT2D eigenvalue weighted by Crippen LogP contribution is -2.11. The molecule has 2 rings (SSSR count). The molecule has 5 nitrogen and oxygen atoms in total. The first kappa shape index (κ1) is 9.26. The average Bonchev–Trinajstić information content (AvgIpc) is 2.65. The fraction of sp³-hybridized carbons (Fsp3) is 0. The SMILES string of the molecule is O=C(Nc1cc(=O)[nH][nH]1)c1ccccc1. The minimum Gasteiger partial charge on any atom is -0.307 e. The van der Waals surface area contributed by atoms with Gasteiger partial charge < -0.3 is 5.32 Å². The number of anilines is 1. The number of rotatable bonds is 2. The molecular weight excluding hydrogens is 194 g/mol. The van der Waals surface area contributed by atoms with E-state index in [1.165, 1.54) is 6.07 Å². The number of aromatic amines is 2. The number of amides is 1. The summed E-state index contributed by atoms with van der Waals surface area (Å²) in [4.78, 5) is 22.3. The molecule has 1 amide bonds. The Kier molecular flexibility index (Phi) is 2.37. The van der Waals surface area contributed by atoms with E-state index in [0.717, 1.165) is 0 Å². The van der Waals surface area contributed by atoms with Crippen molar-refractivity contribution < 1.29 is 4.79 Å². The van der Waals surface area contributed by atoms with Crippen LogP contribution < -0.4 is 10.9 Å². The van der Waals surface area contributed by atoms with Gasteiger partial charge in [-0.05, 0) is 12.1 Å². The van der Waals surface area contributed by atoms with Crippen LogP contribution in [0.1, 0.15) is 10.4 Å². The van der Waals surface area contributed by atoms with Crippen molar-refractivity contribution in [2.24, 2.45) is 0 Å². The zero-order valence-electron chi connectivity index (χ0n) is 7.78. The fourth-order valence-corrected chi connectivity index (χ4v) is 1.18. The van der Waals surface area contributed by atoms with Crippen LogP contribution in [0.4, 0.5) is 5.82 Å². The number of hydrogen-bond acceptors (Lipinski definition) is 2. The molecule has 3 N–H and O–H groups in total. The monoisotopic (exact) mass is 203 g/mol. The quantitative estimate of drug-likeness (QED) is 0.679. The second kappa shape index (κ2) is 3.83. The standard InChI is InChI=1S/C10H9N3O2/c14-9-6-8(12-13-9)11-10(15)7-4-2-1-3-5-7/h1-6H,(H3,11,12,13,14,15). The smallest absolute Gasteiger partial charge is 0.266 e. The number of hydrogen-bond donors (Lipinski definition) is 3. The zero-order valence-corrected chi connectivity index (χ0v) is 7.78. The first-order valence-electron chi connectivity index (χ1n) is 4.40. The van der Waals surface area contributed by atoms with Crippen LogP contribution in [-0.4, -0.2) is 16.1 Å². The number of carbonyl (C=O) groups is 1. The van der Waals surface area contributed by atoms with Crippen molar-refractivity contribution in [3.05, 3.63) is 52.3 Å². The minimum atomic E-state index is -0.279. The van der Waals surface area contributed by atoms with Gasteiger partial charge in [-0.15, -0.1) is 0 Å². The van der Waals surface area contributed by atoms with Gasteiger partial charge in [-0.3, -0.25) is 19.8 Å². The summed E-state index contributed by atoms with van der Waals surface area (Å²) < 4.78 is 0. The third kappa shape index (κ3) is 2.14. The predicted octanol–water partition coefficient (Wildman–Crippen LogP) is 0.955. The Morgan fingerprint density at radius 3 is 2.47 bits per heavy atom. The molecule has 0 bridgehead atoms. The number of benzene rings is 1. The molecule has 0 spiro atoms. The van der Waals surface area contributed by atoms with E-state index in [4.69, 9.17) is 0 Å². The van der Waals surface area contributed by atoms with Gasteiger partial charge in [-0.25, -0.2) is 0 Å². The molecule has 2 aromatic rings. The molecule has 0 unspecified atom stereocenters. The Labute approximate surface area is 85.1 Å². The van der Waals surface area contributed by atoms with Crippen LogP contribution in [0, 0.1) is 0 Å². The van der Waals surface area contributed by atoms with Crippen LogP contribution in [0.5, 0.6) is 0 Å². The first-order valence-corrected chi connectivity index (χ1v) is 4.40. The topological polar surface area (TPSA) is 77.8 Å². The normalized spacial score (nSPS) is 9.87. The fourth-order valence-electron chi connectivity index (χ4n) is 1.18. The summed E-state index contributed by atoms with van der Waals surface area (Å²) in [6.07, 6.45) is 0. The molecule has 0 atom stereocenters. The molecule has 5 heteroatoms. The van der Waals surface area contributed by atoms with E-state index in [-0.39, 0.29) is 11.5 Å². The highest BCUT2D eigenvalue weighted by molar-refractivity contribution is 6.03. The second-order valence-electron chi connectivity index (χ2n) is 2.99. The molecule has 0 saturated heterocycles. The van der Waals surface area contributed by atoms with E-state index in [0.29, 0.717) is 11.4 Å². The Hall–Kier alpha value is -2.30. The molecule has 0 radical (unpaired) electrons. The maximum atomic E-state index is 11.6. The lowest BCUT2D eigenvalue weighted by atomic mass is 10.2. The van der Waals surface area contributed by atoms with Crippen molar-refractivity contribution in [1.29, 1.82) is 0 Å². The summed E-state index contributed by atoms with van der Waals surface area (Å²) in [5.74, 6) is 0.0969. The Morgan fingerprint density at radius 2 is 1.87 bits per heavy atom. The maximum absolute atomic E-state index is 11.6. The molecule has 1 aromatic heterocycles. The molecule has 1 heterocycles. The van der Waals surface area contributed by atoms with Crippen LogP contribution in [0.25, 0.3) is 0 Å². The molecule has 0 aliphatic rings. The number of nitrogens with one attached hydrogen (secondary N) is 3. The summed E-state index contributed by atoms with van der Waals surface area (Å²) >= 11 is 0. The summed E-state index contributed by atoms with van der Waals surface area (Å²) in [6.45, 7) is 0. The van der Waals surface area contributed by atoms with Crippen molar-refractivity contribution in [2.45, 2.75) is 0 Å². The first-order chi connectivity index (χ1) is 7.25. The van der Waals surface area contributed by atoms with Gasteiger partial charge in [0.1, 0.15) is 5.82 Å². The highest BCUT2D eigenvalue weighted by Crippen LogP contribution is 2.02. The van der Waals surface area contributed by atoms with E-state index in [1.807, 2.05) is 6.07 Å². The largest absolute Gasteiger partial charge is 0.307 e. The van der Waals surface area contributed by atoms with Crippen LogP contribution in [0.3, 0.4) is 0 Å². The van der Waals surface area contributed by atoms with Crippen molar-refractivity contribution in [1.82, 2.24) is 10.2 Å². The molecule has 0 aliphatic carbocycles. The van der Waals surface area contributed by atoms with Gasteiger partial charge in [0.15, 0.2) is 0 Å².